The molecule has 1 rings (SSSR count). The van der Waals surface area contributed by atoms with Crippen LogP contribution in [0, 0.1) is 0 Å². The first-order valence-electron chi connectivity index (χ1n) is 7.25. The first-order valence-corrected chi connectivity index (χ1v) is 8.73. The average Bonchev–Trinajstić information content (AvgIpc) is 2.48. The monoisotopic (exact) mass is 393 g/mol. The van der Waals surface area contributed by atoms with Crippen LogP contribution in [0.3, 0.4) is 0 Å². The Hall–Kier alpha value is -1.33. The van der Waals surface area contributed by atoms with Gasteiger partial charge in [-0.2, -0.15) is 26.3 Å². The zero-order valence-corrected chi connectivity index (χ0v) is 14.0. The molecule has 0 fully saturated rings. The normalized spacial score (nSPS) is 13.2. The molecular weight excluding hydrogens is 376 g/mol. The van der Waals surface area contributed by atoms with Gasteiger partial charge in [-0.3, -0.25) is 0 Å². The van der Waals surface area contributed by atoms with Crippen LogP contribution >= 0.6 is 0 Å². The minimum Gasteiger partial charge on any atom is -0.381 e. The van der Waals surface area contributed by atoms with Gasteiger partial charge < -0.3 is 4.74 Å². The van der Waals surface area contributed by atoms with Crippen LogP contribution in [0.1, 0.15) is 30.9 Å². The molecule has 0 saturated carbocycles. The number of hydrogen-bond acceptors (Lipinski definition) is 3. The van der Waals surface area contributed by atoms with Gasteiger partial charge in [-0.15, -0.1) is 0 Å². The average molecular weight is 393 g/mol. The number of sulfonamides is 1. The molecule has 0 aliphatic heterocycles. The van der Waals surface area contributed by atoms with E-state index in [9.17, 15) is 34.8 Å². The second-order valence-corrected chi connectivity index (χ2v) is 6.87. The summed E-state index contributed by atoms with van der Waals surface area (Å²) in [5.41, 5.74) is -3.37. The van der Waals surface area contributed by atoms with Gasteiger partial charge in [0.15, 0.2) is 0 Å². The maximum Gasteiger partial charge on any atom is 0.416 e. The molecule has 0 atom stereocenters. The maximum absolute atomic E-state index is 12.8. The van der Waals surface area contributed by atoms with Crippen molar-refractivity contribution in [3.05, 3.63) is 29.3 Å². The quantitative estimate of drug-likeness (QED) is 0.540. The Morgan fingerprint density at radius 2 is 1.48 bits per heavy atom. The van der Waals surface area contributed by atoms with Crippen LogP contribution in [0.15, 0.2) is 23.1 Å². The van der Waals surface area contributed by atoms with E-state index in [-0.39, 0.29) is 37.8 Å². The molecule has 0 aliphatic rings. The summed E-state index contributed by atoms with van der Waals surface area (Å²) in [6.45, 7) is 2.38. The number of nitrogens with one attached hydrogen (secondary N) is 1. The second-order valence-electron chi connectivity index (χ2n) is 5.11. The van der Waals surface area contributed by atoms with Crippen molar-refractivity contribution in [2.24, 2.45) is 0 Å². The lowest BCUT2D eigenvalue weighted by Crippen LogP contribution is -2.26. The van der Waals surface area contributed by atoms with Crippen molar-refractivity contribution >= 4 is 10.0 Å². The van der Waals surface area contributed by atoms with E-state index in [1.807, 2.05) is 11.6 Å². The summed E-state index contributed by atoms with van der Waals surface area (Å²) < 4.78 is 108. The fourth-order valence-corrected chi connectivity index (χ4v) is 2.94. The summed E-state index contributed by atoms with van der Waals surface area (Å²) >= 11 is 0. The van der Waals surface area contributed by atoms with Crippen molar-refractivity contribution in [2.75, 3.05) is 19.8 Å². The van der Waals surface area contributed by atoms with E-state index < -0.39 is 38.4 Å². The Labute approximate surface area is 141 Å². The molecule has 0 bridgehead atoms. The maximum atomic E-state index is 12.8. The van der Waals surface area contributed by atoms with Gasteiger partial charge in [0, 0.05) is 19.8 Å². The second kappa shape index (κ2) is 8.37. The molecule has 4 nitrogen and oxygen atoms in total. The summed E-state index contributed by atoms with van der Waals surface area (Å²) in [7, 11) is -4.52. The van der Waals surface area contributed by atoms with E-state index >= 15 is 0 Å². The van der Waals surface area contributed by atoms with Crippen LogP contribution in [0.25, 0.3) is 0 Å². The highest BCUT2D eigenvalue weighted by molar-refractivity contribution is 7.89. The number of ether oxygens (including phenoxy) is 1. The lowest BCUT2D eigenvalue weighted by molar-refractivity contribution is -0.143. The third-order valence-electron chi connectivity index (χ3n) is 2.98. The van der Waals surface area contributed by atoms with Gasteiger partial charge in [-0.05, 0) is 31.0 Å². The van der Waals surface area contributed by atoms with Crippen molar-refractivity contribution in [1.82, 2.24) is 4.72 Å². The highest BCUT2D eigenvalue weighted by Gasteiger charge is 2.38. The predicted molar refractivity (Wildman–Crippen MR) is 77.4 cm³/mol. The van der Waals surface area contributed by atoms with Crippen molar-refractivity contribution < 1.29 is 39.5 Å². The number of alkyl halides is 6. The predicted octanol–water partition coefficient (Wildman–Crippen LogP) is 3.82. The molecular formula is C14H17F6NO3S. The molecule has 0 spiro atoms. The first-order chi connectivity index (χ1) is 11.4. The molecule has 1 aromatic carbocycles. The van der Waals surface area contributed by atoms with Crippen LogP contribution in [-0.2, 0) is 27.1 Å². The molecule has 0 unspecified atom stereocenters. The van der Waals surface area contributed by atoms with E-state index in [0.717, 1.165) is 6.42 Å². The lowest BCUT2D eigenvalue weighted by atomic mass is 10.1. The smallest absolute Gasteiger partial charge is 0.381 e. The molecule has 144 valence electrons. The Morgan fingerprint density at radius 1 is 0.960 bits per heavy atom. The molecule has 0 radical (unpaired) electrons. The zero-order chi connectivity index (χ0) is 19.3. The molecule has 0 aromatic heterocycles. The molecule has 1 aromatic rings. The summed E-state index contributed by atoms with van der Waals surface area (Å²) in [6, 6.07) is 0.216. The molecule has 1 N–H and O–H groups in total. The highest BCUT2D eigenvalue weighted by Crippen LogP contribution is 2.37. The van der Waals surface area contributed by atoms with Gasteiger partial charge in [0.2, 0.25) is 10.0 Å². The van der Waals surface area contributed by atoms with Crippen LogP contribution in [-0.4, -0.2) is 28.2 Å². The van der Waals surface area contributed by atoms with Crippen molar-refractivity contribution in [3.8, 4) is 0 Å². The minimum atomic E-state index is -5.11. The first kappa shape index (κ1) is 21.7. The third kappa shape index (κ3) is 6.83. The van der Waals surface area contributed by atoms with E-state index in [1.54, 1.807) is 0 Å². The van der Waals surface area contributed by atoms with Crippen LogP contribution < -0.4 is 4.72 Å². The van der Waals surface area contributed by atoms with Gasteiger partial charge in [-0.1, -0.05) is 6.92 Å². The van der Waals surface area contributed by atoms with E-state index in [1.165, 1.54) is 0 Å². The summed E-state index contributed by atoms with van der Waals surface area (Å²) in [6.07, 6.45) is -9.24. The van der Waals surface area contributed by atoms with Gasteiger partial charge in [-0.25, -0.2) is 13.1 Å². The molecule has 25 heavy (non-hydrogen) atoms. The summed E-state index contributed by atoms with van der Waals surface area (Å²) in [4.78, 5) is -1.09. The largest absolute Gasteiger partial charge is 0.416 e. The van der Waals surface area contributed by atoms with Gasteiger partial charge in [0.25, 0.3) is 0 Å². The van der Waals surface area contributed by atoms with Gasteiger partial charge in [0.05, 0.1) is 16.0 Å². The van der Waals surface area contributed by atoms with Crippen LogP contribution in [0.4, 0.5) is 26.3 Å². The Bertz CT molecular complexity index is 638. The topological polar surface area (TPSA) is 55.4 Å². The third-order valence-corrected chi connectivity index (χ3v) is 4.42. The van der Waals surface area contributed by atoms with E-state index in [2.05, 4.69) is 0 Å². The Morgan fingerprint density at radius 3 is 1.92 bits per heavy atom. The fourth-order valence-electron chi connectivity index (χ4n) is 1.79. The van der Waals surface area contributed by atoms with Crippen LogP contribution in [0.2, 0.25) is 0 Å². The number of benzene rings is 1. The molecule has 0 aliphatic carbocycles. The lowest BCUT2D eigenvalue weighted by Gasteiger charge is -2.14. The van der Waals surface area contributed by atoms with Gasteiger partial charge >= 0.3 is 12.4 Å². The summed E-state index contributed by atoms with van der Waals surface area (Å²) in [5, 5.41) is 0. The van der Waals surface area contributed by atoms with Crippen molar-refractivity contribution in [1.29, 1.82) is 0 Å². The van der Waals surface area contributed by atoms with E-state index in [4.69, 9.17) is 4.74 Å². The minimum absolute atomic E-state index is 0.127. The van der Waals surface area contributed by atoms with Crippen molar-refractivity contribution in [3.63, 3.8) is 0 Å². The SMILES string of the molecule is CCCOCCCNS(=O)(=O)c1cc(C(F)(F)F)cc(C(F)(F)F)c1. The molecule has 0 amide bonds. The van der Waals surface area contributed by atoms with Gasteiger partial charge in [0.1, 0.15) is 0 Å². The number of halogens is 6. The number of rotatable bonds is 8. The highest BCUT2D eigenvalue weighted by atomic mass is 32.2. The van der Waals surface area contributed by atoms with Crippen molar-refractivity contribution in [2.45, 2.75) is 37.0 Å². The zero-order valence-electron chi connectivity index (χ0n) is 13.2. The molecule has 0 saturated heterocycles. The molecule has 11 heteroatoms. The fraction of sp³-hybridized carbons (Fsp3) is 0.571. The van der Waals surface area contributed by atoms with Crippen LogP contribution in [0.5, 0.6) is 0 Å². The Balaban J connectivity index is 3.01. The number of hydrogen-bond donors (Lipinski definition) is 1. The van der Waals surface area contributed by atoms with E-state index in [0.29, 0.717) is 6.61 Å². The Kier molecular flexibility index (Phi) is 7.27. The standard InChI is InChI=1S/C14H17F6NO3S/c1-2-5-24-6-3-4-21-25(22,23)12-8-10(13(15,16)17)7-11(9-12)14(18,19)20/h7-9,21H,2-6H2,1H3. The summed E-state index contributed by atoms with van der Waals surface area (Å²) in [5.74, 6) is 0. The molecule has 0 heterocycles.